The van der Waals surface area contributed by atoms with E-state index >= 15 is 0 Å². The number of nitrogens with zero attached hydrogens (tertiary/aromatic N) is 1. The van der Waals surface area contributed by atoms with Gasteiger partial charge in [0.25, 0.3) is 0 Å². The zero-order chi connectivity index (χ0) is 15.1. The van der Waals surface area contributed by atoms with Gasteiger partial charge >= 0.3 is 5.97 Å². The van der Waals surface area contributed by atoms with Gasteiger partial charge in [0.05, 0.1) is 12.8 Å². The molecule has 3 heteroatoms. The summed E-state index contributed by atoms with van der Waals surface area (Å²) in [7, 11) is 1.39. The van der Waals surface area contributed by atoms with E-state index in [9.17, 15) is 4.79 Å². The number of carbonyl (C=O) groups is 1. The molecule has 0 spiro atoms. The lowest BCUT2D eigenvalue weighted by Crippen LogP contribution is -1.97. The molecule has 0 bridgehead atoms. The number of hydrogen-bond donors (Lipinski definition) is 0. The van der Waals surface area contributed by atoms with Crippen LogP contribution in [0.25, 0.3) is 11.3 Å². The Kier molecular flexibility index (Phi) is 5.27. The molecule has 0 radical (unpaired) electrons. The molecule has 0 N–H and O–H groups in total. The summed E-state index contributed by atoms with van der Waals surface area (Å²) in [5, 5.41) is 0. The van der Waals surface area contributed by atoms with Crippen molar-refractivity contribution in [3.8, 4) is 11.3 Å². The van der Waals surface area contributed by atoms with Gasteiger partial charge < -0.3 is 4.74 Å². The Morgan fingerprint density at radius 1 is 1.24 bits per heavy atom. The summed E-state index contributed by atoms with van der Waals surface area (Å²) in [6.45, 7) is 1.94. The highest BCUT2D eigenvalue weighted by Gasteiger charge is 2.02. The van der Waals surface area contributed by atoms with Gasteiger partial charge in [0.15, 0.2) is 0 Å². The van der Waals surface area contributed by atoms with Crippen molar-refractivity contribution in [1.29, 1.82) is 0 Å². The minimum Gasteiger partial charge on any atom is -0.466 e. The normalized spacial score (nSPS) is 11.2. The van der Waals surface area contributed by atoms with Gasteiger partial charge in [-0.2, -0.15) is 0 Å². The smallest absolute Gasteiger partial charge is 0.330 e. The number of aryl methyl sites for hydroxylation is 1. The lowest BCUT2D eigenvalue weighted by Gasteiger charge is -2.05. The molecule has 0 unspecified atom stereocenters. The number of aromatic nitrogens is 1. The molecule has 108 valence electrons. The quantitative estimate of drug-likeness (QED) is 0.618. The van der Waals surface area contributed by atoms with Crippen LogP contribution in [0, 0.1) is 0 Å². The molecule has 0 aliphatic heterocycles. The first-order valence-corrected chi connectivity index (χ1v) is 6.94. The van der Waals surface area contributed by atoms with Gasteiger partial charge in [-0.25, -0.2) is 4.79 Å². The number of ether oxygens (including phenoxy) is 1. The maximum atomic E-state index is 11.2. The molecule has 1 aromatic carbocycles. The third-order valence-electron chi connectivity index (χ3n) is 3.26. The summed E-state index contributed by atoms with van der Waals surface area (Å²) in [5.41, 5.74) is 4.34. The molecule has 0 aliphatic carbocycles. The lowest BCUT2D eigenvalue weighted by atomic mass is 10.0. The topological polar surface area (TPSA) is 39.2 Å². The number of pyridine rings is 1. The average molecular weight is 281 g/mol. The Bertz CT molecular complexity index is 633. The number of esters is 1. The van der Waals surface area contributed by atoms with Crippen molar-refractivity contribution in [3.63, 3.8) is 0 Å². The molecular formula is C18H19NO2. The van der Waals surface area contributed by atoms with Crippen LogP contribution in [0.15, 0.2) is 60.3 Å². The Morgan fingerprint density at radius 3 is 2.81 bits per heavy atom. The van der Waals surface area contributed by atoms with Crippen molar-refractivity contribution in [2.75, 3.05) is 7.11 Å². The Labute approximate surface area is 125 Å². The van der Waals surface area contributed by atoms with Crippen LogP contribution in [0.4, 0.5) is 0 Å². The van der Waals surface area contributed by atoms with Crippen LogP contribution in [0.2, 0.25) is 0 Å². The second-order valence-electron chi connectivity index (χ2n) is 4.93. The molecule has 21 heavy (non-hydrogen) atoms. The summed E-state index contributed by atoms with van der Waals surface area (Å²) < 4.78 is 4.63. The number of allylic oxidation sites excluding steroid dienone is 1. The highest BCUT2D eigenvalue weighted by Crippen LogP contribution is 2.19. The van der Waals surface area contributed by atoms with Crippen molar-refractivity contribution in [1.82, 2.24) is 4.98 Å². The Hall–Kier alpha value is -2.42. The van der Waals surface area contributed by atoms with Crippen LogP contribution >= 0.6 is 0 Å². The van der Waals surface area contributed by atoms with Crippen LogP contribution < -0.4 is 0 Å². The highest BCUT2D eigenvalue weighted by atomic mass is 16.5. The molecule has 0 amide bonds. The zero-order valence-corrected chi connectivity index (χ0v) is 12.4. The molecule has 0 atom stereocenters. The van der Waals surface area contributed by atoms with Gasteiger partial charge in [0.2, 0.25) is 0 Å². The second-order valence-corrected chi connectivity index (χ2v) is 4.93. The van der Waals surface area contributed by atoms with E-state index < -0.39 is 0 Å². The van der Waals surface area contributed by atoms with E-state index in [1.165, 1.54) is 12.7 Å². The van der Waals surface area contributed by atoms with E-state index in [0.29, 0.717) is 0 Å². The van der Waals surface area contributed by atoms with Gasteiger partial charge in [0.1, 0.15) is 0 Å². The highest BCUT2D eigenvalue weighted by molar-refractivity contribution is 5.82. The molecule has 0 saturated carbocycles. The Morgan fingerprint density at radius 2 is 2.10 bits per heavy atom. The fourth-order valence-electron chi connectivity index (χ4n) is 2.09. The minimum atomic E-state index is -0.297. The van der Waals surface area contributed by atoms with Gasteiger partial charge in [-0.05, 0) is 43.5 Å². The van der Waals surface area contributed by atoms with E-state index in [-0.39, 0.29) is 5.97 Å². The maximum absolute atomic E-state index is 11.2. The van der Waals surface area contributed by atoms with Gasteiger partial charge in [-0.3, -0.25) is 4.98 Å². The van der Waals surface area contributed by atoms with Crippen LogP contribution in [0.3, 0.4) is 0 Å². The molecule has 0 fully saturated rings. The predicted molar refractivity (Wildman–Crippen MR) is 83.8 cm³/mol. The second kappa shape index (κ2) is 7.39. The molecular weight excluding hydrogens is 262 g/mol. The van der Waals surface area contributed by atoms with E-state index in [1.54, 1.807) is 12.3 Å². The number of methoxy groups -OCH3 is 1. The van der Waals surface area contributed by atoms with Gasteiger partial charge in [0, 0.05) is 17.8 Å². The maximum Gasteiger partial charge on any atom is 0.330 e. The Balaban J connectivity index is 2.05. The first-order valence-electron chi connectivity index (χ1n) is 6.94. The van der Waals surface area contributed by atoms with Crippen molar-refractivity contribution in [2.45, 2.75) is 19.8 Å². The van der Waals surface area contributed by atoms with Gasteiger partial charge in [-0.1, -0.05) is 29.8 Å². The SMILES string of the molecule is COC(=O)/C=C(\C)CCc1cccc(-c2ccccn2)c1. The third kappa shape index (κ3) is 4.56. The van der Waals surface area contributed by atoms with Crippen LogP contribution in [0.5, 0.6) is 0 Å². The summed E-state index contributed by atoms with van der Waals surface area (Å²) in [4.78, 5) is 15.5. The molecule has 1 aromatic heterocycles. The molecule has 3 nitrogen and oxygen atoms in total. The summed E-state index contributed by atoms with van der Waals surface area (Å²) in [6.07, 6.45) is 5.06. The lowest BCUT2D eigenvalue weighted by molar-refractivity contribution is -0.134. The first kappa shape index (κ1) is 15.0. The number of benzene rings is 1. The molecule has 1 heterocycles. The molecule has 2 aromatic rings. The van der Waals surface area contributed by atoms with Crippen molar-refractivity contribution < 1.29 is 9.53 Å². The van der Waals surface area contributed by atoms with E-state index in [0.717, 1.165) is 29.7 Å². The van der Waals surface area contributed by atoms with Crippen molar-refractivity contribution in [2.24, 2.45) is 0 Å². The van der Waals surface area contributed by atoms with E-state index in [1.807, 2.05) is 31.2 Å². The van der Waals surface area contributed by atoms with Crippen LogP contribution in [0.1, 0.15) is 18.9 Å². The average Bonchev–Trinajstić information content (AvgIpc) is 2.54. The fourth-order valence-corrected chi connectivity index (χ4v) is 2.09. The van der Waals surface area contributed by atoms with Gasteiger partial charge in [-0.15, -0.1) is 0 Å². The zero-order valence-electron chi connectivity index (χ0n) is 12.4. The number of hydrogen-bond acceptors (Lipinski definition) is 3. The molecule has 0 saturated heterocycles. The van der Waals surface area contributed by atoms with Crippen LogP contribution in [-0.2, 0) is 16.0 Å². The largest absolute Gasteiger partial charge is 0.466 e. The van der Waals surface area contributed by atoms with Crippen LogP contribution in [-0.4, -0.2) is 18.1 Å². The van der Waals surface area contributed by atoms with Crippen molar-refractivity contribution in [3.05, 3.63) is 65.9 Å². The molecule has 0 aliphatic rings. The summed E-state index contributed by atoms with van der Waals surface area (Å²) >= 11 is 0. The monoisotopic (exact) mass is 281 g/mol. The van der Waals surface area contributed by atoms with Crippen molar-refractivity contribution >= 4 is 5.97 Å². The summed E-state index contributed by atoms with van der Waals surface area (Å²) in [6, 6.07) is 14.2. The predicted octanol–water partition coefficient (Wildman–Crippen LogP) is 3.80. The number of rotatable bonds is 5. The van der Waals surface area contributed by atoms with E-state index in [2.05, 4.69) is 27.9 Å². The standard InChI is InChI=1S/C18H19NO2/c1-14(12-18(20)21-2)9-10-15-6-5-7-16(13-15)17-8-3-4-11-19-17/h3-8,11-13H,9-10H2,1-2H3/b14-12+. The number of carbonyl (C=O) groups excluding carboxylic acids is 1. The minimum absolute atomic E-state index is 0.297. The third-order valence-corrected chi connectivity index (χ3v) is 3.26. The summed E-state index contributed by atoms with van der Waals surface area (Å²) in [5.74, 6) is -0.297. The van der Waals surface area contributed by atoms with E-state index in [4.69, 9.17) is 0 Å². The molecule has 2 rings (SSSR count). The first-order chi connectivity index (χ1) is 10.2. The fraction of sp³-hybridized carbons (Fsp3) is 0.222.